The Morgan fingerprint density at radius 2 is 1.60 bits per heavy atom. The molecule has 11 nitrogen and oxygen atoms in total. The van der Waals surface area contributed by atoms with E-state index in [1.165, 1.54) is 18.7 Å². The van der Waals surface area contributed by atoms with Crippen molar-refractivity contribution < 1.29 is 17.9 Å². The van der Waals surface area contributed by atoms with Crippen LogP contribution in [0, 0.1) is 0 Å². The largest absolute Gasteiger partial charge is 0.439 e. The normalized spacial score (nSPS) is 12.8. The number of sulfonamides is 1. The van der Waals surface area contributed by atoms with E-state index in [0.29, 0.717) is 71.6 Å². The molecular weight excluding hydrogens is 641 g/mol. The lowest BCUT2D eigenvalue weighted by Crippen LogP contribution is -2.46. The van der Waals surface area contributed by atoms with Gasteiger partial charge in [-0.15, -0.1) is 6.58 Å². The van der Waals surface area contributed by atoms with Crippen molar-refractivity contribution in [2.24, 2.45) is 10.8 Å². The number of nitrogens with zero attached hydrogens (tertiary/aromatic N) is 6. The van der Waals surface area contributed by atoms with E-state index in [9.17, 15) is 13.2 Å². The first-order valence-corrected chi connectivity index (χ1v) is 20.9. The van der Waals surface area contributed by atoms with Gasteiger partial charge in [-0.3, -0.25) is 4.90 Å². The molecule has 1 amide bonds. The monoisotopic (exact) mass is 691 g/mol. The van der Waals surface area contributed by atoms with Crippen molar-refractivity contribution in [3.8, 4) is 0 Å². The summed E-state index contributed by atoms with van der Waals surface area (Å²) in [4.78, 5) is 19.4. The number of hydrogen-bond acceptors (Lipinski definition) is 7. The molecule has 0 atom stereocenters. The van der Waals surface area contributed by atoms with Crippen molar-refractivity contribution in [1.29, 1.82) is 0 Å². The number of rotatable bonds is 23. The fourth-order valence-electron chi connectivity index (χ4n) is 3.83. The fraction of sp³-hybridized carbons (Fsp3) is 0.885. The van der Waals surface area contributed by atoms with E-state index in [2.05, 4.69) is 41.1 Å². The highest BCUT2D eigenvalue weighted by Crippen LogP contribution is 2.40. The number of hydrogen-bond donors (Lipinski definition) is 1. The topological polar surface area (TPSA) is 145 Å². The number of carbonyl (C=O) groups is 1. The molecule has 0 saturated heterocycles. The summed E-state index contributed by atoms with van der Waals surface area (Å²) < 4.78 is 31.6. The van der Waals surface area contributed by atoms with Crippen LogP contribution in [0.3, 0.4) is 0 Å². The molecule has 0 aromatic carbocycles. The predicted octanol–water partition coefficient (Wildman–Crippen LogP) is 6.25. The van der Waals surface area contributed by atoms with E-state index in [1.807, 2.05) is 0 Å². The SMILES string of the molecule is C=CCN(CCCN(CCCN=[N+]=[N-])C(=O)OC(C)(C)C(Cl)(Cl)Cl)CCCN(CCCCN)S(=O)(=O)CC[Si](C)(C)C. The molecule has 16 heteroatoms. The molecule has 0 aromatic heterocycles. The summed E-state index contributed by atoms with van der Waals surface area (Å²) in [7, 11) is -4.85. The van der Waals surface area contributed by atoms with Crippen molar-refractivity contribution in [3.63, 3.8) is 0 Å². The van der Waals surface area contributed by atoms with Crippen LogP contribution in [0.4, 0.5) is 4.79 Å². The van der Waals surface area contributed by atoms with Gasteiger partial charge in [0.05, 0.1) is 5.75 Å². The van der Waals surface area contributed by atoms with Gasteiger partial charge in [0.2, 0.25) is 13.8 Å². The molecule has 0 saturated carbocycles. The van der Waals surface area contributed by atoms with Gasteiger partial charge in [-0.05, 0) is 70.6 Å². The third kappa shape index (κ3) is 18.1. The number of halogens is 3. The number of nitrogens with two attached hydrogens (primary N) is 1. The highest BCUT2D eigenvalue weighted by Gasteiger charge is 2.44. The molecule has 0 aliphatic rings. The first-order chi connectivity index (χ1) is 19.4. The lowest BCUT2D eigenvalue weighted by Gasteiger charge is -2.34. The number of amides is 1. The number of unbranched alkanes of at least 4 members (excludes halogenated alkanes) is 1. The average molecular weight is 693 g/mol. The van der Waals surface area contributed by atoms with E-state index in [4.69, 9.17) is 50.8 Å². The van der Waals surface area contributed by atoms with Crippen LogP contribution in [0.2, 0.25) is 25.7 Å². The zero-order chi connectivity index (χ0) is 32.5. The molecule has 0 aliphatic carbocycles. The first-order valence-electron chi connectivity index (χ1n) is 14.5. The van der Waals surface area contributed by atoms with Crippen LogP contribution < -0.4 is 5.73 Å². The third-order valence-electron chi connectivity index (χ3n) is 6.57. The van der Waals surface area contributed by atoms with Crippen LogP contribution in [0.15, 0.2) is 17.8 Å². The van der Waals surface area contributed by atoms with Crippen molar-refractivity contribution in [2.75, 3.05) is 64.7 Å². The molecule has 0 bridgehead atoms. The van der Waals surface area contributed by atoms with E-state index in [-0.39, 0.29) is 12.3 Å². The Morgan fingerprint density at radius 1 is 1.02 bits per heavy atom. The molecule has 0 unspecified atom stereocenters. The molecule has 0 spiro atoms. The average Bonchev–Trinajstić information content (AvgIpc) is 2.86. The van der Waals surface area contributed by atoms with Gasteiger partial charge in [0.1, 0.15) is 0 Å². The maximum atomic E-state index is 13.2. The molecule has 2 N–H and O–H groups in total. The Balaban J connectivity index is 5.26. The molecule has 0 aromatic rings. The number of alkyl halides is 3. The third-order valence-corrected chi connectivity index (χ3v) is 11.9. The van der Waals surface area contributed by atoms with Crippen LogP contribution in [-0.2, 0) is 14.8 Å². The standard InChI is InChI=1S/C26H52Cl3N7O4SSi/c1-7-15-34(17-12-21-36(20-9-8-13-30)41(38,39)22-23-42(4,5)6)16-11-19-35(18-10-14-32-33-31)24(37)40-25(2,3)26(27,28)29/h7H,1,8-23,30H2,2-6H3. The molecule has 246 valence electrons. The van der Waals surface area contributed by atoms with Gasteiger partial charge in [-0.1, -0.05) is 65.6 Å². The van der Waals surface area contributed by atoms with Crippen molar-refractivity contribution in [2.45, 2.75) is 81.0 Å². The van der Waals surface area contributed by atoms with E-state index in [0.717, 1.165) is 18.9 Å². The number of ether oxygens (including phenoxy) is 1. The summed E-state index contributed by atoms with van der Waals surface area (Å²) in [6.45, 7) is 17.7. The summed E-state index contributed by atoms with van der Waals surface area (Å²) in [6.07, 6.45) is 4.43. The second kappa shape index (κ2) is 20.3. The quantitative estimate of drug-likeness (QED) is 0.0255. The van der Waals surface area contributed by atoms with Crippen molar-refractivity contribution in [1.82, 2.24) is 14.1 Å². The molecule has 0 heterocycles. The fourth-order valence-corrected chi connectivity index (χ4v) is 8.50. The lowest BCUT2D eigenvalue weighted by atomic mass is 10.2. The summed E-state index contributed by atoms with van der Waals surface area (Å²) in [5, 5.41) is 3.53. The Labute approximate surface area is 269 Å². The zero-order valence-corrected chi connectivity index (χ0v) is 30.1. The van der Waals surface area contributed by atoms with Gasteiger partial charge >= 0.3 is 6.09 Å². The van der Waals surface area contributed by atoms with Crippen LogP contribution >= 0.6 is 34.8 Å². The second-order valence-electron chi connectivity index (χ2n) is 12.0. The van der Waals surface area contributed by atoms with E-state index < -0.39 is 33.6 Å². The molecule has 42 heavy (non-hydrogen) atoms. The maximum Gasteiger partial charge on any atom is 0.410 e. The van der Waals surface area contributed by atoms with Crippen LogP contribution in [0.5, 0.6) is 0 Å². The number of azide groups is 1. The highest BCUT2D eigenvalue weighted by molar-refractivity contribution is 7.89. The first kappa shape index (κ1) is 41.2. The molecule has 0 rings (SSSR count). The highest BCUT2D eigenvalue weighted by atomic mass is 35.6. The molecule has 0 fully saturated rings. The Kier molecular flexibility index (Phi) is 19.9. The predicted molar refractivity (Wildman–Crippen MR) is 179 cm³/mol. The molecule has 0 radical (unpaired) electrons. The Hall–Kier alpha value is -0.763. The van der Waals surface area contributed by atoms with E-state index in [1.54, 1.807) is 10.4 Å². The molecule has 0 aliphatic heterocycles. The molecular formula is C26H52Cl3N7O4SSi. The van der Waals surface area contributed by atoms with Crippen LogP contribution in [-0.4, -0.2) is 111 Å². The minimum absolute atomic E-state index is 0.183. The van der Waals surface area contributed by atoms with Gasteiger partial charge in [0.25, 0.3) is 0 Å². The van der Waals surface area contributed by atoms with Crippen LogP contribution in [0.25, 0.3) is 10.4 Å². The Bertz CT molecular complexity index is 957. The summed E-state index contributed by atoms with van der Waals surface area (Å²) in [6, 6.07) is 0.728. The van der Waals surface area contributed by atoms with Crippen molar-refractivity contribution >= 4 is 59.0 Å². The number of carbonyl (C=O) groups excluding carboxylic acids is 1. The summed E-state index contributed by atoms with van der Waals surface area (Å²) in [5.41, 5.74) is 12.8. The van der Waals surface area contributed by atoms with E-state index >= 15 is 0 Å². The van der Waals surface area contributed by atoms with Gasteiger partial charge < -0.3 is 15.4 Å². The Morgan fingerprint density at radius 3 is 2.12 bits per heavy atom. The van der Waals surface area contributed by atoms with Crippen LogP contribution in [0.1, 0.15) is 46.0 Å². The lowest BCUT2D eigenvalue weighted by molar-refractivity contribution is 0.0152. The van der Waals surface area contributed by atoms with Crippen molar-refractivity contribution in [3.05, 3.63) is 23.1 Å². The van der Waals surface area contributed by atoms with Gasteiger partial charge in [0.15, 0.2) is 5.60 Å². The van der Waals surface area contributed by atoms with Gasteiger partial charge in [0, 0.05) is 58.8 Å². The summed E-state index contributed by atoms with van der Waals surface area (Å²) in [5.74, 6) is 0.183. The summed E-state index contributed by atoms with van der Waals surface area (Å²) >= 11 is 18.0. The maximum absolute atomic E-state index is 13.2. The van der Waals surface area contributed by atoms with Gasteiger partial charge in [-0.25, -0.2) is 17.5 Å². The zero-order valence-electron chi connectivity index (χ0n) is 26.0. The smallest absolute Gasteiger partial charge is 0.410 e. The minimum Gasteiger partial charge on any atom is -0.439 e. The second-order valence-corrected chi connectivity index (χ2v) is 22.0. The van der Waals surface area contributed by atoms with Gasteiger partial charge in [-0.2, -0.15) is 0 Å². The minimum atomic E-state index is -3.35.